The third-order valence-electron chi connectivity index (χ3n) is 5.06. The third-order valence-corrected chi connectivity index (χ3v) is 5.06. The molecule has 126 valence electrons. The maximum Gasteiger partial charge on any atom is 0.322 e. The number of hydrogen-bond donors (Lipinski definition) is 2. The average molecular weight is 317 g/mol. The van der Waals surface area contributed by atoms with Gasteiger partial charge in [0, 0.05) is 30.9 Å². The molecule has 23 heavy (non-hydrogen) atoms. The zero-order valence-corrected chi connectivity index (χ0v) is 13.9. The number of rotatable bonds is 4. The summed E-state index contributed by atoms with van der Waals surface area (Å²) in [6.07, 6.45) is 4.32. The fraction of sp³-hybridized carbons (Fsp3) is 0.611. The van der Waals surface area contributed by atoms with Gasteiger partial charge in [-0.1, -0.05) is 12.1 Å². The number of urea groups is 1. The van der Waals surface area contributed by atoms with Gasteiger partial charge in [0.25, 0.3) is 0 Å². The highest BCUT2D eigenvalue weighted by Gasteiger charge is 2.33. The van der Waals surface area contributed by atoms with Gasteiger partial charge in [0.05, 0.1) is 6.61 Å². The Kier molecular flexibility index (Phi) is 5.18. The number of nitrogens with zero attached hydrogens (tertiary/aromatic N) is 2. The molecule has 2 N–H and O–H groups in total. The molecule has 0 saturated carbocycles. The van der Waals surface area contributed by atoms with Crippen molar-refractivity contribution in [1.82, 2.24) is 9.80 Å². The van der Waals surface area contributed by atoms with Gasteiger partial charge < -0.3 is 15.3 Å². The minimum absolute atomic E-state index is 0.00199. The molecule has 5 heteroatoms. The van der Waals surface area contributed by atoms with Crippen molar-refractivity contribution in [2.45, 2.75) is 44.7 Å². The zero-order chi connectivity index (χ0) is 16.2. The molecule has 2 aliphatic rings. The normalized spacial score (nSPS) is 25.0. The van der Waals surface area contributed by atoms with E-state index in [1.807, 2.05) is 36.1 Å². The molecule has 2 saturated heterocycles. The molecule has 2 atom stereocenters. The number of likely N-dealkylation sites (tertiary alicyclic amines) is 2. The monoisotopic (exact) mass is 317 g/mol. The number of nitrogens with one attached hydrogen (secondary N) is 1. The van der Waals surface area contributed by atoms with Crippen molar-refractivity contribution >= 4 is 11.7 Å². The summed E-state index contributed by atoms with van der Waals surface area (Å²) in [5.74, 6) is 0. The lowest BCUT2D eigenvalue weighted by Gasteiger charge is -2.31. The summed E-state index contributed by atoms with van der Waals surface area (Å²) >= 11 is 0. The van der Waals surface area contributed by atoms with Crippen LogP contribution in [0.2, 0.25) is 0 Å². The average Bonchev–Trinajstić information content (AvgIpc) is 3.16. The maximum atomic E-state index is 12.6. The highest BCUT2D eigenvalue weighted by Crippen LogP contribution is 2.24. The smallest absolute Gasteiger partial charge is 0.322 e. The van der Waals surface area contributed by atoms with Crippen molar-refractivity contribution < 1.29 is 9.90 Å². The fourth-order valence-electron chi connectivity index (χ4n) is 3.82. The Morgan fingerprint density at radius 3 is 2.83 bits per heavy atom. The van der Waals surface area contributed by atoms with E-state index in [4.69, 9.17) is 0 Å². The first kappa shape index (κ1) is 16.3. The lowest BCUT2D eigenvalue weighted by molar-refractivity contribution is 0.130. The molecular formula is C18H27N3O2. The molecule has 0 aromatic heterocycles. The molecule has 2 unspecified atom stereocenters. The fourth-order valence-corrected chi connectivity index (χ4v) is 3.82. The highest BCUT2D eigenvalue weighted by atomic mass is 16.3. The van der Waals surface area contributed by atoms with Crippen LogP contribution in [-0.2, 0) is 0 Å². The van der Waals surface area contributed by atoms with Crippen LogP contribution < -0.4 is 5.32 Å². The zero-order valence-electron chi connectivity index (χ0n) is 13.9. The Hall–Kier alpha value is -1.59. The first-order valence-corrected chi connectivity index (χ1v) is 8.66. The Labute approximate surface area is 138 Å². The van der Waals surface area contributed by atoms with E-state index >= 15 is 0 Å². The van der Waals surface area contributed by atoms with E-state index in [0.717, 1.165) is 56.6 Å². The molecule has 2 aliphatic heterocycles. The minimum atomic E-state index is -0.00199. The molecule has 0 bridgehead atoms. The van der Waals surface area contributed by atoms with E-state index in [1.165, 1.54) is 0 Å². The third kappa shape index (κ3) is 3.85. The number of aliphatic hydroxyl groups excluding tert-OH is 1. The van der Waals surface area contributed by atoms with E-state index in [1.54, 1.807) is 0 Å². The summed E-state index contributed by atoms with van der Waals surface area (Å²) < 4.78 is 0. The van der Waals surface area contributed by atoms with Crippen LogP contribution in [0.5, 0.6) is 0 Å². The van der Waals surface area contributed by atoms with Crippen LogP contribution in [-0.4, -0.2) is 59.3 Å². The number of benzene rings is 1. The molecule has 2 fully saturated rings. The van der Waals surface area contributed by atoms with Gasteiger partial charge in [0.1, 0.15) is 0 Å². The van der Waals surface area contributed by atoms with E-state index < -0.39 is 0 Å². The van der Waals surface area contributed by atoms with Gasteiger partial charge in [-0.15, -0.1) is 0 Å². The van der Waals surface area contributed by atoms with Gasteiger partial charge >= 0.3 is 6.03 Å². The van der Waals surface area contributed by atoms with Crippen molar-refractivity contribution in [2.24, 2.45) is 0 Å². The van der Waals surface area contributed by atoms with Gasteiger partial charge in [-0.05, 0) is 56.8 Å². The van der Waals surface area contributed by atoms with Crippen molar-refractivity contribution in [2.75, 3.05) is 31.6 Å². The van der Waals surface area contributed by atoms with Crippen LogP contribution in [0.1, 0.15) is 31.2 Å². The SMILES string of the molecule is Cc1cccc(NC(=O)N2CCCC2CN2CCCC2CO)c1. The number of carbonyl (C=O) groups is 1. The molecular weight excluding hydrogens is 290 g/mol. The number of anilines is 1. The molecule has 5 nitrogen and oxygen atoms in total. The molecule has 0 aliphatic carbocycles. The van der Waals surface area contributed by atoms with Gasteiger partial charge in [0.2, 0.25) is 0 Å². The van der Waals surface area contributed by atoms with Crippen LogP contribution >= 0.6 is 0 Å². The Morgan fingerprint density at radius 2 is 2.04 bits per heavy atom. The summed E-state index contributed by atoms with van der Waals surface area (Å²) in [7, 11) is 0. The second kappa shape index (κ2) is 7.32. The van der Waals surface area contributed by atoms with Crippen LogP contribution in [0, 0.1) is 6.92 Å². The highest BCUT2D eigenvalue weighted by molar-refractivity contribution is 5.89. The standard InChI is InChI=1S/C18H27N3O2/c1-14-5-2-6-15(11-14)19-18(23)21-10-4-7-16(21)12-20-9-3-8-17(20)13-22/h2,5-6,11,16-17,22H,3-4,7-10,12-13H2,1H3,(H,19,23). The predicted molar refractivity (Wildman–Crippen MR) is 91.6 cm³/mol. The number of carbonyl (C=O) groups excluding carboxylic acids is 1. The number of amides is 2. The molecule has 0 radical (unpaired) electrons. The van der Waals surface area contributed by atoms with E-state index in [9.17, 15) is 9.90 Å². The Balaban J connectivity index is 1.60. The van der Waals surface area contributed by atoms with Crippen LogP contribution in [0.15, 0.2) is 24.3 Å². The lowest BCUT2D eigenvalue weighted by atomic mass is 10.2. The summed E-state index contributed by atoms with van der Waals surface area (Å²) in [6.45, 7) is 4.99. The predicted octanol–water partition coefficient (Wildman–Crippen LogP) is 2.45. The second-order valence-corrected chi connectivity index (χ2v) is 6.76. The van der Waals surface area contributed by atoms with Crippen molar-refractivity contribution in [3.8, 4) is 0 Å². The van der Waals surface area contributed by atoms with Gasteiger partial charge in [-0.2, -0.15) is 0 Å². The van der Waals surface area contributed by atoms with E-state index in [-0.39, 0.29) is 24.7 Å². The Morgan fingerprint density at radius 1 is 1.26 bits per heavy atom. The first-order valence-electron chi connectivity index (χ1n) is 8.66. The van der Waals surface area contributed by atoms with Crippen molar-refractivity contribution in [3.05, 3.63) is 29.8 Å². The molecule has 1 aromatic carbocycles. The summed E-state index contributed by atoms with van der Waals surface area (Å²) in [5.41, 5.74) is 2.00. The van der Waals surface area contributed by atoms with Gasteiger partial charge in [-0.3, -0.25) is 4.90 Å². The van der Waals surface area contributed by atoms with E-state index in [0.29, 0.717) is 0 Å². The summed E-state index contributed by atoms with van der Waals surface area (Å²) in [5, 5.41) is 12.5. The molecule has 0 spiro atoms. The van der Waals surface area contributed by atoms with Crippen LogP contribution in [0.3, 0.4) is 0 Å². The number of hydrogen-bond acceptors (Lipinski definition) is 3. The molecule has 3 rings (SSSR count). The second-order valence-electron chi connectivity index (χ2n) is 6.76. The maximum absolute atomic E-state index is 12.6. The summed E-state index contributed by atoms with van der Waals surface area (Å²) in [6, 6.07) is 8.44. The van der Waals surface area contributed by atoms with Gasteiger partial charge in [-0.25, -0.2) is 4.79 Å². The summed E-state index contributed by atoms with van der Waals surface area (Å²) in [4.78, 5) is 16.9. The Bertz CT molecular complexity index is 549. The van der Waals surface area contributed by atoms with Gasteiger partial charge in [0.15, 0.2) is 0 Å². The topological polar surface area (TPSA) is 55.8 Å². The number of aryl methyl sites for hydroxylation is 1. The minimum Gasteiger partial charge on any atom is -0.395 e. The quantitative estimate of drug-likeness (QED) is 0.897. The lowest BCUT2D eigenvalue weighted by Crippen LogP contribution is -2.46. The van der Waals surface area contributed by atoms with Crippen LogP contribution in [0.4, 0.5) is 10.5 Å². The number of aliphatic hydroxyl groups is 1. The van der Waals surface area contributed by atoms with Crippen molar-refractivity contribution in [3.63, 3.8) is 0 Å². The molecule has 2 amide bonds. The first-order chi connectivity index (χ1) is 11.2. The largest absolute Gasteiger partial charge is 0.395 e. The molecule has 2 heterocycles. The van der Waals surface area contributed by atoms with Crippen LogP contribution in [0.25, 0.3) is 0 Å². The van der Waals surface area contributed by atoms with E-state index in [2.05, 4.69) is 10.2 Å². The van der Waals surface area contributed by atoms with Crippen molar-refractivity contribution in [1.29, 1.82) is 0 Å². The molecule has 1 aromatic rings.